The van der Waals surface area contributed by atoms with Crippen LogP contribution in [-0.2, 0) is 0 Å². The predicted molar refractivity (Wildman–Crippen MR) is 145 cm³/mol. The van der Waals surface area contributed by atoms with Gasteiger partial charge in [0.15, 0.2) is 5.82 Å². The molecule has 0 bridgehead atoms. The number of ether oxygens (including phenoxy) is 1. The summed E-state index contributed by atoms with van der Waals surface area (Å²) in [5.41, 5.74) is 8.41. The lowest BCUT2D eigenvalue weighted by molar-refractivity contribution is 0.0566. The molecular formula is C26H28ClF3N8O. The van der Waals surface area contributed by atoms with Crippen LogP contribution in [-0.4, -0.2) is 51.0 Å². The molecule has 0 amide bonds. The van der Waals surface area contributed by atoms with Gasteiger partial charge in [0.1, 0.15) is 23.2 Å². The topological polar surface area (TPSA) is 107 Å². The molecule has 3 aromatic heterocycles. The standard InChI is InChI=1S/C26H27F3N8O.ClH/c1-15-8-17(30)14-36(12-15)20-9-23(32-11-18(20)16-10-33-37(13-16)26(28)29)34-22-6-7-31-25(35-22)24-19(27)4-3-5-21(24)38-2;/h3-7,9-11,13,15,17,26H,8,12,14,30H2,1-2H3,(H,31,32,34,35);1H/t15-,17-;/m0./s1. The molecule has 1 saturated heterocycles. The maximum atomic E-state index is 14.6. The fraction of sp³-hybridized carbons (Fsp3) is 0.308. The van der Waals surface area contributed by atoms with Crippen LogP contribution < -0.4 is 20.7 Å². The molecule has 1 aromatic carbocycles. The summed E-state index contributed by atoms with van der Waals surface area (Å²) in [6.07, 6.45) is 6.71. The van der Waals surface area contributed by atoms with Crippen LogP contribution in [0.3, 0.4) is 0 Å². The summed E-state index contributed by atoms with van der Waals surface area (Å²) >= 11 is 0. The van der Waals surface area contributed by atoms with Crippen LogP contribution >= 0.6 is 12.4 Å². The van der Waals surface area contributed by atoms with Crippen molar-refractivity contribution >= 4 is 29.7 Å². The molecule has 0 radical (unpaired) electrons. The van der Waals surface area contributed by atoms with E-state index in [0.717, 1.165) is 18.7 Å². The number of hydrogen-bond donors (Lipinski definition) is 2. The Morgan fingerprint density at radius 1 is 1.13 bits per heavy atom. The van der Waals surface area contributed by atoms with Gasteiger partial charge in [-0.3, -0.25) is 0 Å². The number of anilines is 3. The number of aromatic nitrogens is 5. The van der Waals surface area contributed by atoms with E-state index in [1.165, 1.54) is 31.8 Å². The van der Waals surface area contributed by atoms with Gasteiger partial charge in [-0.05, 0) is 30.5 Å². The minimum absolute atomic E-state index is 0. The van der Waals surface area contributed by atoms with Crippen molar-refractivity contribution in [1.29, 1.82) is 0 Å². The maximum Gasteiger partial charge on any atom is 0.333 e. The second kappa shape index (κ2) is 11.9. The highest BCUT2D eigenvalue weighted by atomic mass is 35.5. The Hall–Kier alpha value is -3.90. The van der Waals surface area contributed by atoms with Crippen molar-refractivity contribution in [1.82, 2.24) is 24.7 Å². The van der Waals surface area contributed by atoms with Gasteiger partial charge >= 0.3 is 6.55 Å². The zero-order chi connectivity index (χ0) is 26.8. The highest BCUT2D eigenvalue weighted by molar-refractivity contribution is 5.85. The third-order valence-corrected chi connectivity index (χ3v) is 6.36. The molecule has 3 N–H and O–H groups in total. The number of alkyl halides is 2. The molecule has 0 spiro atoms. The zero-order valence-electron chi connectivity index (χ0n) is 21.3. The average molecular weight is 561 g/mol. The number of nitrogens with one attached hydrogen (secondary N) is 1. The molecular weight excluding hydrogens is 533 g/mol. The first kappa shape index (κ1) is 28.1. The molecule has 0 saturated carbocycles. The van der Waals surface area contributed by atoms with Crippen LogP contribution in [0.2, 0.25) is 0 Å². The summed E-state index contributed by atoms with van der Waals surface area (Å²) in [5, 5.41) is 6.93. The van der Waals surface area contributed by atoms with Crippen molar-refractivity contribution in [2.75, 3.05) is 30.4 Å². The average Bonchev–Trinajstić information content (AvgIpc) is 3.39. The van der Waals surface area contributed by atoms with Gasteiger partial charge in [0.05, 0.1) is 18.9 Å². The van der Waals surface area contributed by atoms with Gasteiger partial charge in [0.2, 0.25) is 0 Å². The largest absolute Gasteiger partial charge is 0.496 e. The fourth-order valence-corrected chi connectivity index (χ4v) is 4.75. The van der Waals surface area contributed by atoms with Gasteiger partial charge in [-0.1, -0.05) is 13.0 Å². The van der Waals surface area contributed by atoms with Gasteiger partial charge < -0.3 is 20.7 Å². The number of piperidine rings is 1. The number of nitrogens with zero attached hydrogens (tertiary/aromatic N) is 6. The third-order valence-electron chi connectivity index (χ3n) is 6.36. The fourth-order valence-electron chi connectivity index (χ4n) is 4.75. The van der Waals surface area contributed by atoms with E-state index in [-0.39, 0.29) is 29.8 Å². The van der Waals surface area contributed by atoms with E-state index >= 15 is 0 Å². The lowest BCUT2D eigenvalue weighted by Crippen LogP contribution is -2.46. The molecule has 206 valence electrons. The number of halogens is 4. The van der Waals surface area contributed by atoms with Crippen molar-refractivity contribution in [3.05, 3.63) is 60.9 Å². The number of nitrogens with two attached hydrogens (primary N) is 1. The van der Waals surface area contributed by atoms with Crippen LogP contribution in [0.15, 0.2) is 55.1 Å². The molecule has 39 heavy (non-hydrogen) atoms. The van der Waals surface area contributed by atoms with Gasteiger partial charge in [-0.25, -0.2) is 24.0 Å². The summed E-state index contributed by atoms with van der Waals surface area (Å²) in [5.74, 6) is 1.15. The summed E-state index contributed by atoms with van der Waals surface area (Å²) in [7, 11) is 1.45. The van der Waals surface area contributed by atoms with Crippen molar-refractivity contribution in [3.8, 4) is 28.3 Å². The van der Waals surface area contributed by atoms with Crippen molar-refractivity contribution in [3.63, 3.8) is 0 Å². The van der Waals surface area contributed by atoms with Gasteiger partial charge in [0.25, 0.3) is 0 Å². The highest BCUT2D eigenvalue weighted by Crippen LogP contribution is 2.36. The van der Waals surface area contributed by atoms with E-state index in [4.69, 9.17) is 10.5 Å². The molecule has 1 fully saturated rings. The van der Waals surface area contributed by atoms with Crippen LogP contribution in [0.25, 0.3) is 22.5 Å². The molecule has 9 nitrogen and oxygen atoms in total. The minimum Gasteiger partial charge on any atom is -0.496 e. The Morgan fingerprint density at radius 2 is 1.95 bits per heavy atom. The molecule has 4 aromatic rings. The van der Waals surface area contributed by atoms with E-state index in [2.05, 4.69) is 37.2 Å². The molecule has 1 aliphatic heterocycles. The van der Waals surface area contributed by atoms with E-state index in [9.17, 15) is 13.2 Å². The molecule has 0 aliphatic carbocycles. The quantitative estimate of drug-likeness (QED) is 0.314. The SMILES string of the molecule is COc1cccc(F)c1-c1nccc(Nc2cc(N3C[C@@H](C)C[C@H](N)C3)c(-c3cnn(C(F)F)c3)cn2)n1.Cl. The van der Waals surface area contributed by atoms with Crippen LogP contribution in [0, 0.1) is 11.7 Å². The first-order valence-corrected chi connectivity index (χ1v) is 12.1. The van der Waals surface area contributed by atoms with Crippen LogP contribution in [0.5, 0.6) is 5.75 Å². The Bertz CT molecular complexity index is 1430. The van der Waals surface area contributed by atoms with Crippen molar-refractivity contribution in [2.24, 2.45) is 11.7 Å². The Morgan fingerprint density at radius 3 is 2.67 bits per heavy atom. The number of methoxy groups -OCH3 is 1. The Balaban J connectivity index is 0.00000353. The lowest BCUT2D eigenvalue weighted by Gasteiger charge is -2.37. The molecule has 0 unspecified atom stereocenters. The number of rotatable bonds is 7. The summed E-state index contributed by atoms with van der Waals surface area (Å²) < 4.78 is 46.9. The van der Waals surface area contributed by atoms with Gasteiger partial charge in [-0.15, -0.1) is 12.4 Å². The monoisotopic (exact) mass is 560 g/mol. The number of benzene rings is 1. The van der Waals surface area contributed by atoms with Crippen LogP contribution in [0.1, 0.15) is 19.9 Å². The van der Waals surface area contributed by atoms with E-state index in [0.29, 0.717) is 45.7 Å². The molecule has 5 rings (SSSR count). The van der Waals surface area contributed by atoms with Gasteiger partial charge in [0, 0.05) is 60.6 Å². The van der Waals surface area contributed by atoms with Crippen molar-refractivity contribution < 1.29 is 17.9 Å². The molecule has 13 heteroatoms. The highest BCUT2D eigenvalue weighted by Gasteiger charge is 2.26. The van der Waals surface area contributed by atoms with E-state index in [1.54, 1.807) is 24.4 Å². The molecule has 1 aliphatic rings. The van der Waals surface area contributed by atoms with Crippen LogP contribution in [0.4, 0.5) is 30.5 Å². The third kappa shape index (κ3) is 6.07. The normalized spacial score (nSPS) is 17.2. The van der Waals surface area contributed by atoms with E-state index < -0.39 is 12.4 Å². The van der Waals surface area contributed by atoms with Gasteiger partial charge in [-0.2, -0.15) is 13.9 Å². The number of hydrogen-bond acceptors (Lipinski definition) is 8. The molecule has 2 atom stereocenters. The maximum absolute atomic E-state index is 14.6. The molecule has 4 heterocycles. The first-order valence-electron chi connectivity index (χ1n) is 12.1. The Labute approximate surface area is 229 Å². The second-order valence-corrected chi connectivity index (χ2v) is 9.29. The second-order valence-electron chi connectivity index (χ2n) is 9.29. The zero-order valence-corrected chi connectivity index (χ0v) is 22.1. The summed E-state index contributed by atoms with van der Waals surface area (Å²) in [4.78, 5) is 15.3. The Kier molecular flexibility index (Phi) is 8.56. The smallest absolute Gasteiger partial charge is 0.333 e. The van der Waals surface area contributed by atoms with E-state index in [1.807, 2.05) is 6.07 Å². The summed E-state index contributed by atoms with van der Waals surface area (Å²) in [6.45, 7) is 0.733. The van der Waals surface area contributed by atoms with Crippen molar-refractivity contribution in [2.45, 2.75) is 25.9 Å². The predicted octanol–water partition coefficient (Wildman–Crippen LogP) is 5.28. The summed E-state index contributed by atoms with van der Waals surface area (Å²) in [6, 6.07) is 7.93. The lowest BCUT2D eigenvalue weighted by atomic mass is 9.95. The minimum atomic E-state index is -2.75. The first-order chi connectivity index (χ1) is 18.3. The number of pyridine rings is 1.